The Morgan fingerprint density at radius 3 is 2.32 bits per heavy atom. The highest BCUT2D eigenvalue weighted by Crippen LogP contribution is 2.18. The minimum absolute atomic E-state index is 0.215. The molecule has 1 aromatic rings. The normalized spacial score (nSPS) is 11.7. The molecule has 0 atom stereocenters. The maximum atomic E-state index is 11.5. The molecule has 0 aromatic heterocycles. The predicted octanol–water partition coefficient (Wildman–Crippen LogP) is 2.75. The van der Waals surface area contributed by atoms with Gasteiger partial charge in [-0.05, 0) is 17.6 Å². The zero-order valence-corrected chi connectivity index (χ0v) is 12.1. The number of carbonyl (C=O) groups excluding carboxylic acids is 2. The van der Waals surface area contributed by atoms with Crippen molar-refractivity contribution in [3.63, 3.8) is 0 Å². The molecule has 5 nitrogen and oxygen atoms in total. The third-order valence-electron chi connectivity index (χ3n) is 2.73. The van der Waals surface area contributed by atoms with E-state index < -0.39 is 17.9 Å². The van der Waals surface area contributed by atoms with Gasteiger partial charge in [0.05, 0.1) is 5.57 Å². The second-order valence-electron chi connectivity index (χ2n) is 4.24. The Balaban J connectivity index is 3.14. The lowest BCUT2D eigenvalue weighted by molar-refractivity contribution is -0.152. The van der Waals surface area contributed by atoms with Crippen LogP contribution in [0.1, 0.15) is 18.9 Å². The number of esters is 2. The van der Waals surface area contributed by atoms with Crippen molar-refractivity contribution in [1.82, 2.24) is 0 Å². The van der Waals surface area contributed by atoms with Crippen LogP contribution in [0.2, 0.25) is 0 Å². The third kappa shape index (κ3) is 5.20. The molecular formula is C17H16O5. The summed E-state index contributed by atoms with van der Waals surface area (Å²) in [7, 11) is 0. The number of carboxylic acid groups (broad SMARTS) is 1. The Hall–Kier alpha value is -2.95. The lowest BCUT2D eigenvalue weighted by atomic mass is 10.00. The van der Waals surface area contributed by atoms with Crippen molar-refractivity contribution in [2.45, 2.75) is 13.3 Å². The van der Waals surface area contributed by atoms with Crippen LogP contribution in [0.25, 0.3) is 6.08 Å². The van der Waals surface area contributed by atoms with E-state index in [0.29, 0.717) is 12.0 Å². The minimum atomic E-state index is -1.27. The van der Waals surface area contributed by atoms with Gasteiger partial charge in [0.2, 0.25) is 0 Å². The maximum Gasteiger partial charge on any atom is 0.339 e. The lowest BCUT2D eigenvalue weighted by Gasteiger charge is -2.06. The Morgan fingerprint density at radius 1 is 1.18 bits per heavy atom. The molecule has 0 saturated carbocycles. The lowest BCUT2D eigenvalue weighted by Crippen LogP contribution is -2.11. The second kappa shape index (κ2) is 8.36. The van der Waals surface area contributed by atoms with Crippen LogP contribution in [0.5, 0.6) is 0 Å². The van der Waals surface area contributed by atoms with Crippen LogP contribution < -0.4 is 0 Å². The fraction of sp³-hybridized carbons (Fsp3) is 0.118. The first kappa shape index (κ1) is 17.1. The average Bonchev–Trinajstić information content (AvgIpc) is 2.51. The van der Waals surface area contributed by atoms with E-state index in [1.807, 2.05) is 30.3 Å². The highest BCUT2D eigenvalue weighted by Gasteiger charge is 2.16. The van der Waals surface area contributed by atoms with Crippen molar-refractivity contribution in [2.24, 2.45) is 0 Å². The first-order chi connectivity index (χ1) is 10.5. The van der Waals surface area contributed by atoms with Crippen LogP contribution in [-0.4, -0.2) is 23.0 Å². The van der Waals surface area contributed by atoms with Crippen LogP contribution in [0.3, 0.4) is 0 Å². The van der Waals surface area contributed by atoms with Crippen LogP contribution >= 0.6 is 0 Å². The number of ether oxygens (including phenoxy) is 1. The van der Waals surface area contributed by atoms with E-state index in [1.165, 1.54) is 0 Å². The summed E-state index contributed by atoms with van der Waals surface area (Å²) in [5.41, 5.74) is 1.04. The summed E-state index contributed by atoms with van der Waals surface area (Å²) in [6.45, 7) is 4.93. The van der Waals surface area contributed by atoms with E-state index in [2.05, 4.69) is 11.3 Å². The van der Waals surface area contributed by atoms with E-state index in [-0.39, 0.29) is 5.57 Å². The van der Waals surface area contributed by atoms with Gasteiger partial charge < -0.3 is 9.84 Å². The molecule has 1 aromatic carbocycles. The molecule has 0 aliphatic rings. The molecule has 5 heteroatoms. The molecular weight excluding hydrogens is 284 g/mol. The summed E-state index contributed by atoms with van der Waals surface area (Å²) in [6, 6.07) is 9.11. The van der Waals surface area contributed by atoms with Crippen molar-refractivity contribution in [3.05, 3.63) is 65.8 Å². The number of hydrogen-bond acceptors (Lipinski definition) is 4. The summed E-state index contributed by atoms with van der Waals surface area (Å²) in [5, 5.41) is 9.27. The molecule has 1 rings (SSSR count). The summed E-state index contributed by atoms with van der Waals surface area (Å²) < 4.78 is 4.36. The zero-order valence-electron chi connectivity index (χ0n) is 12.1. The Labute approximate surface area is 128 Å². The quantitative estimate of drug-likeness (QED) is 0.378. The van der Waals surface area contributed by atoms with Gasteiger partial charge in [0.1, 0.15) is 0 Å². The Bertz CT molecular complexity index is 638. The SMILES string of the molecule is C=CC(=O)OC(=O)/C=C(C(=O)O)/C(=C\c1ccccc1)CC. The van der Waals surface area contributed by atoms with Crippen molar-refractivity contribution < 1.29 is 24.2 Å². The standard InChI is InChI=1S/C17H16O5/c1-3-13(10-12-8-6-5-7-9-12)14(17(20)21)11-16(19)22-15(18)4-2/h4-11H,2-3H2,1H3,(H,20,21)/b13-10-,14-11-. The summed E-state index contributed by atoms with van der Waals surface area (Å²) in [6.07, 6.45) is 3.69. The molecule has 0 fully saturated rings. The van der Waals surface area contributed by atoms with Crippen LogP contribution in [0.15, 0.2) is 60.2 Å². The highest BCUT2D eigenvalue weighted by atomic mass is 16.6. The van der Waals surface area contributed by atoms with Crippen molar-refractivity contribution >= 4 is 24.0 Å². The van der Waals surface area contributed by atoms with Gasteiger partial charge in [-0.3, -0.25) is 0 Å². The van der Waals surface area contributed by atoms with Gasteiger partial charge in [0.15, 0.2) is 0 Å². The molecule has 0 unspecified atom stereocenters. The Morgan fingerprint density at radius 2 is 1.82 bits per heavy atom. The van der Waals surface area contributed by atoms with Crippen molar-refractivity contribution in [3.8, 4) is 0 Å². The monoisotopic (exact) mass is 300 g/mol. The molecule has 0 aliphatic carbocycles. The first-order valence-corrected chi connectivity index (χ1v) is 6.57. The van der Waals surface area contributed by atoms with E-state index in [0.717, 1.165) is 17.7 Å². The topological polar surface area (TPSA) is 80.7 Å². The van der Waals surface area contributed by atoms with Gasteiger partial charge in [-0.2, -0.15) is 0 Å². The van der Waals surface area contributed by atoms with E-state index in [1.54, 1.807) is 13.0 Å². The maximum absolute atomic E-state index is 11.5. The van der Waals surface area contributed by atoms with Crippen LogP contribution in [0.4, 0.5) is 0 Å². The molecule has 22 heavy (non-hydrogen) atoms. The number of rotatable bonds is 6. The molecule has 0 radical (unpaired) electrons. The van der Waals surface area contributed by atoms with Crippen molar-refractivity contribution in [2.75, 3.05) is 0 Å². The largest absolute Gasteiger partial charge is 0.478 e. The van der Waals surface area contributed by atoms with Crippen LogP contribution in [0, 0.1) is 0 Å². The van der Waals surface area contributed by atoms with Gasteiger partial charge in [0.25, 0.3) is 0 Å². The molecule has 0 aliphatic heterocycles. The fourth-order valence-electron chi connectivity index (χ4n) is 1.70. The molecule has 1 N–H and O–H groups in total. The number of aliphatic carboxylic acids is 1. The Kier molecular flexibility index (Phi) is 6.50. The summed E-state index contributed by atoms with van der Waals surface area (Å²) in [5.74, 6) is -3.25. The smallest absolute Gasteiger partial charge is 0.339 e. The summed E-state index contributed by atoms with van der Waals surface area (Å²) in [4.78, 5) is 33.9. The molecule has 0 amide bonds. The third-order valence-corrected chi connectivity index (χ3v) is 2.73. The number of hydrogen-bond donors (Lipinski definition) is 1. The number of benzene rings is 1. The zero-order chi connectivity index (χ0) is 16.5. The second-order valence-corrected chi connectivity index (χ2v) is 4.24. The first-order valence-electron chi connectivity index (χ1n) is 6.57. The van der Waals surface area contributed by atoms with E-state index >= 15 is 0 Å². The average molecular weight is 300 g/mol. The van der Waals surface area contributed by atoms with Gasteiger partial charge in [-0.1, -0.05) is 49.9 Å². The molecule has 0 heterocycles. The van der Waals surface area contributed by atoms with Crippen molar-refractivity contribution in [1.29, 1.82) is 0 Å². The molecule has 0 saturated heterocycles. The minimum Gasteiger partial charge on any atom is -0.478 e. The van der Waals surface area contributed by atoms with E-state index in [4.69, 9.17) is 0 Å². The van der Waals surface area contributed by atoms with Gasteiger partial charge in [-0.15, -0.1) is 0 Å². The molecule has 0 bridgehead atoms. The molecule has 0 spiro atoms. The number of carbonyl (C=O) groups is 3. The number of carboxylic acids is 1. The fourth-order valence-corrected chi connectivity index (χ4v) is 1.70. The van der Waals surface area contributed by atoms with Gasteiger partial charge >= 0.3 is 17.9 Å². The highest BCUT2D eigenvalue weighted by molar-refractivity contribution is 6.03. The van der Waals surface area contributed by atoms with Crippen LogP contribution in [-0.2, 0) is 19.1 Å². The van der Waals surface area contributed by atoms with Gasteiger partial charge in [-0.25, -0.2) is 14.4 Å². The molecule has 114 valence electrons. The summed E-state index contributed by atoms with van der Waals surface area (Å²) >= 11 is 0. The van der Waals surface area contributed by atoms with Gasteiger partial charge in [0, 0.05) is 12.2 Å². The predicted molar refractivity (Wildman–Crippen MR) is 81.7 cm³/mol. The van der Waals surface area contributed by atoms with E-state index in [9.17, 15) is 19.5 Å².